The molecule has 2 aromatic heterocycles. The van der Waals surface area contributed by atoms with Gasteiger partial charge in [-0.05, 0) is 12.1 Å². The van der Waals surface area contributed by atoms with Crippen molar-refractivity contribution in [1.82, 2.24) is 15.0 Å². The number of nitrogens with one attached hydrogen (secondary N) is 1. The van der Waals surface area contributed by atoms with Crippen LogP contribution in [0.3, 0.4) is 0 Å². The Kier molecular flexibility index (Phi) is 3.24. The molecule has 0 aromatic carbocycles. The van der Waals surface area contributed by atoms with Crippen LogP contribution in [0, 0.1) is 0 Å². The second-order valence-corrected chi connectivity index (χ2v) is 3.23. The quantitative estimate of drug-likeness (QED) is 0.828. The van der Waals surface area contributed by atoms with E-state index in [2.05, 4.69) is 20.3 Å². The summed E-state index contributed by atoms with van der Waals surface area (Å²) in [7, 11) is 0. The molecule has 0 saturated carbocycles. The first-order chi connectivity index (χ1) is 8.68. The van der Waals surface area contributed by atoms with E-state index in [0.29, 0.717) is 0 Å². The normalized spacial score (nSPS) is 9.78. The zero-order chi connectivity index (χ0) is 13.0. The fraction of sp³-hybridized carbons (Fsp3) is 0. The summed E-state index contributed by atoms with van der Waals surface area (Å²) < 4.78 is 0. The van der Waals surface area contributed by atoms with Crippen LogP contribution < -0.4 is 5.32 Å². The van der Waals surface area contributed by atoms with E-state index in [0.717, 1.165) is 0 Å². The third kappa shape index (κ3) is 2.46. The highest BCUT2D eigenvalue weighted by atomic mass is 16.4. The van der Waals surface area contributed by atoms with E-state index in [4.69, 9.17) is 5.11 Å². The second kappa shape index (κ2) is 5.00. The Balaban J connectivity index is 2.25. The first-order valence-electron chi connectivity index (χ1n) is 4.95. The SMILES string of the molecule is O=C(Nc1nccnc1C(=O)O)c1ccccn1. The summed E-state index contributed by atoms with van der Waals surface area (Å²) >= 11 is 0. The molecule has 0 saturated heterocycles. The monoisotopic (exact) mass is 244 g/mol. The van der Waals surface area contributed by atoms with E-state index in [1.165, 1.54) is 24.7 Å². The van der Waals surface area contributed by atoms with Crippen LogP contribution in [-0.2, 0) is 0 Å². The van der Waals surface area contributed by atoms with Gasteiger partial charge >= 0.3 is 5.97 Å². The zero-order valence-corrected chi connectivity index (χ0v) is 9.07. The number of rotatable bonds is 3. The van der Waals surface area contributed by atoms with Gasteiger partial charge in [0.05, 0.1) is 0 Å². The highest BCUT2D eigenvalue weighted by Crippen LogP contribution is 2.09. The van der Waals surface area contributed by atoms with Gasteiger partial charge in [0.15, 0.2) is 11.5 Å². The maximum absolute atomic E-state index is 11.8. The van der Waals surface area contributed by atoms with Crippen molar-refractivity contribution in [2.75, 3.05) is 5.32 Å². The maximum Gasteiger partial charge on any atom is 0.358 e. The van der Waals surface area contributed by atoms with Crippen molar-refractivity contribution in [3.63, 3.8) is 0 Å². The molecule has 90 valence electrons. The average molecular weight is 244 g/mol. The minimum absolute atomic E-state index is 0.111. The van der Waals surface area contributed by atoms with Gasteiger partial charge in [-0.15, -0.1) is 0 Å². The van der Waals surface area contributed by atoms with Crippen molar-refractivity contribution in [3.8, 4) is 0 Å². The largest absolute Gasteiger partial charge is 0.476 e. The number of carbonyl (C=O) groups excluding carboxylic acids is 1. The number of anilines is 1. The van der Waals surface area contributed by atoms with Crippen LogP contribution in [0.1, 0.15) is 21.0 Å². The van der Waals surface area contributed by atoms with E-state index in [1.54, 1.807) is 12.1 Å². The zero-order valence-electron chi connectivity index (χ0n) is 9.07. The minimum Gasteiger partial charge on any atom is -0.476 e. The molecule has 2 aromatic rings. The summed E-state index contributed by atoms with van der Waals surface area (Å²) in [4.78, 5) is 33.9. The van der Waals surface area contributed by atoms with Gasteiger partial charge in [0.1, 0.15) is 5.69 Å². The van der Waals surface area contributed by atoms with Crippen molar-refractivity contribution in [1.29, 1.82) is 0 Å². The summed E-state index contributed by atoms with van der Waals surface area (Å²) in [5.74, 6) is -1.92. The lowest BCUT2D eigenvalue weighted by Gasteiger charge is -2.05. The molecule has 0 spiro atoms. The van der Waals surface area contributed by atoms with Gasteiger partial charge in [-0.25, -0.2) is 14.8 Å². The van der Waals surface area contributed by atoms with Crippen LogP contribution in [0.5, 0.6) is 0 Å². The summed E-state index contributed by atoms with van der Waals surface area (Å²) in [5, 5.41) is 11.2. The van der Waals surface area contributed by atoms with E-state index < -0.39 is 11.9 Å². The summed E-state index contributed by atoms with van der Waals surface area (Å²) in [6, 6.07) is 4.82. The summed E-state index contributed by atoms with van der Waals surface area (Å²) in [5.41, 5.74) is -0.152. The lowest BCUT2D eigenvalue weighted by Crippen LogP contribution is -2.17. The number of hydrogen-bond donors (Lipinski definition) is 2. The molecule has 0 bridgehead atoms. The van der Waals surface area contributed by atoms with Crippen LogP contribution in [-0.4, -0.2) is 31.9 Å². The third-order valence-corrected chi connectivity index (χ3v) is 2.03. The Bertz CT molecular complexity index is 586. The van der Waals surface area contributed by atoms with Crippen LogP contribution in [0.15, 0.2) is 36.8 Å². The van der Waals surface area contributed by atoms with Crippen molar-refractivity contribution < 1.29 is 14.7 Å². The van der Waals surface area contributed by atoms with E-state index in [1.807, 2.05) is 0 Å². The number of hydrogen-bond acceptors (Lipinski definition) is 5. The number of nitrogens with zero attached hydrogens (tertiary/aromatic N) is 3. The maximum atomic E-state index is 11.8. The third-order valence-electron chi connectivity index (χ3n) is 2.03. The molecule has 1 amide bonds. The van der Waals surface area contributed by atoms with Crippen molar-refractivity contribution >= 4 is 17.7 Å². The summed E-state index contributed by atoms with van der Waals surface area (Å²) in [6.45, 7) is 0. The molecule has 2 heterocycles. The Labute approximate surface area is 102 Å². The van der Waals surface area contributed by atoms with Gasteiger partial charge in [-0.2, -0.15) is 0 Å². The average Bonchev–Trinajstić information content (AvgIpc) is 2.40. The highest BCUT2D eigenvalue weighted by molar-refractivity contribution is 6.05. The minimum atomic E-state index is -1.26. The number of carbonyl (C=O) groups is 2. The molecule has 0 aliphatic heterocycles. The molecule has 0 aliphatic rings. The first kappa shape index (κ1) is 11.6. The molecule has 7 heteroatoms. The van der Waals surface area contributed by atoms with Crippen molar-refractivity contribution in [2.24, 2.45) is 0 Å². The fourth-order valence-corrected chi connectivity index (χ4v) is 1.25. The summed E-state index contributed by atoms with van der Waals surface area (Å²) in [6.07, 6.45) is 3.99. The molecular formula is C11H8N4O3. The van der Waals surface area contributed by atoms with Gasteiger partial charge in [0.2, 0.25) is 0 Å². The lowest BCUT2D eigenvalue weighted by atomic mass is 10.3. The van der Waals surface area contributed by atoms with Crippen LogP contribution in [0.25, 0.3) is 0 Å². The molecule has 2 rings (SSSR count). The fourth-order valence-electron chi connectivity index (χ4n) is 1.25. The van der Waals surface area contributed by atoms with Gasteiger partial charge < -0.3 is 10.4 Å². The van der Waals surface area contributed by atoms with Crippen LogP contribution in [0.2, 0.25) is 0 Å². The van der Waals surface area contributed by atoms with Crippen molar-refractivity contribution in [3.05, 3.63) is 48.2 Å². The molecule has 0 fully saturated rings. The molecule has 0 atom stereocenters. The number of carboxylic acid groups (broad SMARTS) is 1. The number of aromatic nitrogens is 3. The molecule has 2 N–H and O–H groups in total. The first-order valence-corrected chi connectivity index (χ1v) is 4.95. The van der Waals surface area contributed by atoms with Gasteiger partial charge in [-0.1, -0.05) is 6.07 Å². The Morgan fingerprint density at radius 1 is 1.06 bits per heavy atom. The van der Waals surface area contributed by atoms with E-state index in [9.17, 15) is 9.59 Å². The molecule has 0 radical (unpaired) electrons. The van der Waals surface area contributed by atoms with Crippen LogP contribution >= 0.6 is 0 Å². The Morgan fingerprint density at radius 2 is 1.83 bits per heavy atom. The van der Waals surface area contributed by atoms with E-state index in [-0.39, 0.29) is 17.2 Å². The molecule has 7 nitrogen and oxygen atoms in total. The predicted octanol–water partition coefficient (Wildman–Crippen LogP) is 0.822. The van der Waals surface area contributed by atoms with Gasteiger partial charge in [0, 0.05) is 18.6 Å². The van der Waals surface area contributed by atoms with Crippen molar-refractivity contribution in [2.45, 2.75) is 0 Å². The number of pyridine rings is 1. The Morgan fingerprint density at radius 3 is 2.50 bits per heavy atom. The molecule has 0 aliphatic carbocycles. The number of aromatic carboxylic acids is 1. The van der Waals surface area contributed by atoms with Crippen LogP contribution in [0.4, 0.5) is 5.82 Å². The topological polar surface area (TPSA) is 105 Å². The van der Waals surface area contributed by atoms with Gasteiger partial charge in [-0.3, -0.25) is 9.78 Å². The predicted molar refractivity (Wildman–Crippen MR) is 61.2 cm³/mol. The standard InChI is InChI=1S/C11H8N4O3/c16-10(7-3-1-2-4-12-7)15-9-8(11(17)18)13-5-6-14-9/h1-6H,(H,17,18)(H,14,15,16). The second-order valence-electron chi connectivity index (χ2n) is 3.23. The Hall–Kier alpha value is -2.83. The number of carboxylic acids is 1. The number of amides is 1. The molecular weight excluding hydrogens is 236 g/mol. The van der Waals surface area contributed by atoms with Gasteiger partial charge in [0.25, 0.3) is 5.91 Å². The molecule has 18 heavy (non-hydrogen) atoms. The highest BCUT2D eigenvalue weighted by Gasteiger charge is 2.16. The molecule has 0 unspecified atom stereocenters. The smallest absolute Gasteiger partial charge is 0.358 e. The van der Waals surface area contributed by atoms with E-state index >= 15 is 0 Å². The lowest BCUT2D eigenvalue weighted by molar-refractivity contribution is 0.0691.